The van der Waals surface area contributed by atoms with Gasteiger partial charge in [-0.2, -0.15) is 5.26 Å². The lowest BCUT2D eigenvalue weighted by atomic mass is 10.1. The van der Waals surface area contributed by atoms with Crippen LogP contribution >= 0.6 is 0 Å². The summed E-state index contributed by atoms with van der Waals surface area (Å²) in [4.78, 5) is 4.33. The summed E-state index contributed by atoms with van der Waals surface area (Å²) in [5.74, 6) is 0.605. The van der Waals surface area contributed by atoms with E-state index in [1.54, 1.807) is 12.1 Å². The Balaban J connectivity index is 2.06. The monoisotopic (exact) mass is 230 g/mol. The molecule has 0 radical (unpaired) electrons. The number of rotatable bonds is 2. The van der Waals surface area contributed by atoms with Gasteiger partial charge in [0.25, 0.3) is 0 Å². The second-order valence-corrected chi connectivity index (χ2v) is 4.68. The molecule has 17 heavy (non-hydrogen) atoms. The van der Waals surface area contributed by atoms with Crippen LogP contribution in [0.2, 0.25) is 0 Å². The van der Waals surface area contributed by atoms with Crippen LogP contribution in [0.1, 0.15) is 49.8 Å². The summed E-state index contributed by atoms with van der Waals surface area (Å²) in [6.45, 7) is 1.89. The van der Waals surface area contributed by atoms with E-state index in [1.165, 1.54) is 25.7 Å². The van der Waals surface area contributed by atoms with Gasteiger partial charge >= 0.3 is 0 Å². The first-order chi connectivity index (χ1) is 8.28. The molecule has 0 bridgehead atoms. The third-order valence-electron chi connectivity index (χ3n) is 3.15. The summed E-state index contributed by atoms with van der Waals surface area (Å²) in [5, 5.41) is 8.90. The van der Waals surface area contributed by atoms with Crippen LogP contribution in [0.4, 0.5) is 0 Å². The number of aryl methyl sites for hydroxylation is 1. The van der Waals surface area contributed by atoms with Crippen LogP contribution in [-0.4, -0.2) is 11.1 Å². The highest BCUT2D eigenvalue weighted by Crippen LogP contribution is 2.22. The molecule has 1 aromatic heterocycles. The summed E-state index contributed by atoms with van der Waals surface area (Å²) in [7, 11) is 0. The van der Waals surface area contributed by atoms with E-state index in [0.29, 0.717) is 11.4 Å². The summed E-state index contributed by atoms with van der Waals surface area (Å²) in [5.41, 5.74) is 1.47. The van der Waals surface area contributed by atoms with Gasteiger partial charge in [0.15, 0.2) is 0 Å². The van der Waals surface area contributed by atoms with Gasteiger partial charge in [-0.1, -0.05) is 12.8 Å². The molecule has 0 N–H and O–H groups in total. The molecule has 0 aliphatic heterocycles. The van der Waals surface area contributed by atoms with E-state index < -0.39 is 0 Å². The minimum absolute atomic E-state index is 0.276. The lowest BCUT2D eigenvalue weighted by Gasteiger charge is -2.16. The number of aromatic nitrogens is 1. The van der Waals surface area contributed by atoms with E-state index in [1.807, 2.05) is 6.92 Å². The highest BCUT2D eigenvalue weighted by atomic mass is 16.5. The average Bonchev–Trinajstić information content (AvgIpc) is 2.57. The molecule has 1 saturated carbocycles. The molecule has 0 saturated heterocycles. The van der Waals surface area contributed by atoms with Crippen LogP contribution in [0.15, 0.2) is 12.1 Å². The Morgan fingerprint density at radius 2 is 1.94 bits per heavy atom. The SMILES string of the molecule is Cc1cc(C#N)cc(OC2CCCCCC2)n1. The normalized spacial score (nSPS) is 17.2. The highest BCUT2D eigenvalue weighted by Gasteiger charge is 2.14. The van der Waals surface area contributed by atoms with E-state index in [0.717, 1.165) is 18.5 Å². The van der Waals surface area contributed by atoms with Gasteiger partial charge < -0.3 is 4.74 Å². The zero-order valence-electron chi connectivity index (χ0n) is 10.3. The van der Waals surface area contributed by atoms with Gasteiger partial charge in [-0.15, -0.1) is 0 Å². The van der Waals surface area contributed by atoms with E-state index >= 15 is 0 Å². The van der Waals surface area contributed by atoms with Crippen molar-refractivity contribution in [1.29, 1.82) is 5.26 Å². The van der Waals surface area contributed by atoms with Crippen LogP contribution in [0.5, 0.6) is 5.88 Å². The third-order valence-corrected chi connectivity index (χ3v) is 3.15. The second-order valence-electron chi connectivity index (χ2n) is 4.68. The van der Waals surface area contributed by atoms with E-state index in [2.05, 4.69) is 11.1 Å². The van der Waals surface area contributed by atoms with Crippen molar-refractivity contribution in [2.75, 3.05) is 0 Å². The second kappa shape index (κ2) is 5.67. The Labute approximate surface area is 102 Å². The van der Waals surface area contributed by atoms with Gasteiger partial charge in [-0.05, 0) is 38.7 Å². The van der Waals surface area contributed by atoms with Gasteiger partial charge in [0.2, 0.25) is 5.88 Å². The average molecular weight is 230 g/mol. The molecule has 90 valence electrons. The Kier molecular flexibility index (Phi) is 3.98. The Morgan fingerprint density at radius 1 is 1.24 bits per heavy atom. The quantitative estimate of drug-likeness (QED) is 0.732. The van der Waals surface area contributed by atoms with Crippen molar-refractivity contribution in [3.8, 4) is 11.9 Å². The molecular formula is C14H18N2O. The van der Waals surface area contributed by atoms with Gasteiger partial charge in [-0.25, -0.2) is 4.98 Å². The van der Waals surface area contributed by atoms with Gasteiger partial charge in [-0.3, -0.25) is 0 Å². The van der Waals surface area contributed by atoms with Crippen LogP contribution in [0, 0.1) is 18.3 Å². The highest BCUT2D eigenvalue weighted by molar-refractivity contribution is 5.34. The molecule has 0 spiro atoms. The minimum atomic E-state index is 0.276. The fraction of sp³-hybridized carbons (Fsp3) is 0.571. The van der Waals surface area contributed by atoms with Crippen molar-refractivity contribution >= 4 is 0 Å². The lowest BCUT2D eigenvalue weighted by molar-refractivity contribution is 0.176. The number of nitriles is 1. The van der Waals surface area contributed by atoms with Crippen molar-refractivity contribution in [2.45, 2.75) is 51.6 Å². The molecule has 0 aromatic carbocycles. The first-order valence-electron chi connectivity index (χ1n) is 6.33. The van der Waals surface area contributed by atoms with Crippen molar-refractivity contribution in [2.24, 2.45) is 0 Å². The van der Waals surface area contributed by atoms with Gasteiger partial charge in [0.05, 0.1) is 11.6 Å². The number of hydrogen-bond acceptors (Lipinski definition) is 3. The van der Waals surface area contributed by atoms with Gasteiger partial charge in [0, 0.05) is 11.8 Å². The molecule has 1 aliphatic carbocycles. The summed E-state index contributed by atoms with van der Waals surface area (Å²) < 4.78 is 5.90. The number of ether oxygens (including phenoxy) is 1. The molecule has 1 aromatic rings. The molecule has 0 unspecified atom stereocenters. The Bertz CT molecular complexity index is 415. The van der Waals surface area contributed by atoms with E-state index in [4.69, 9.17) is 10.00 Å². The summed E-state index contributed by atoms with van der Waals surface area (Å²) in [6.07, 6.45) is 7.59. The van der Waals surface area contributed by atoms with Crippen LogP contribution in [-0.2, 0) is 0 Å². The molecule has 2 rings (SSSR count). The first-order valence-corrected chi connectivity index (χ1v) is 6.33. The maximum Gasteiger partial charge on any atom is 0.215 e. The maximum absolute atomic E-state index is 8.90. The van der Waals surface area contributed by atoms with Crippen LogP contribution < -0.4 is 4.74 Å². The fourth-order valence-corrected chi connectivity index (χ4v) is 2.29. The summed E-state index contributed by atoms with van der Waals surface area (Å²) in [6, 6.07) is 5.65. The van der Waals surface area contributed by atoms with E-state index in [9.17, 15) is 0 Å². The number of pyridine rings is 1. The van der Waals surface area contributed by atoms with Crippen LogP contribution in [0.25, 0.3) is 0 Å². The zero-order chi connectivity index (χ0) is 12.1. The molecule has 1 aliphatic rings. The third kappa shape index (κ3) is 3.45. The molecule has 0 amide bonds. The molecule has 3 nitrogen and oxygen atoms in total. The zero-order valence-corrected chi connectivity index (χ0v) is 10.3. The smallest absolute Gasteiger partial charge is 0.215 e. The molecule has 1 fully saturated rings. The Hall–Kier alpha value is -1.56. The topological polar surface area (TPSA) is 45.9 Å². The maximum atomic E-state index is 8.90. The largest absolute Gasteiger partial charge is 0.474 e. The van der Waals surface area contributed by atoms with Gasteiger partial charge in [0.1, 0.15) is 6.10 Å². The molecular weight excluding hydrogens is 212 g/mol. The standard InChI is InChI=1S/C14H18N2O/c1-11-8-12(10-15)9-14(16-11)17-13-6-4-2-3-5-7-13/h8-9,13H,2-7H2,1H3. The van der Waals surface area contributed by atoms with Crippen molar-refractivity contribution in [1.82, 2.24) is 4.98 Å². The number of hydrogen-bond donors (Lipinski definition) is 0. The predicted molar refractivity (Wildman–Crippen MR) is 65.8 cm³/mol. The van der Waals surface area contributed by atoms with Crippen molar-refractivity contribution in [3.63, 3.8) is 0 Å². The van der Waals surface area contributed by atoms with Crippen molar-refractivity contribution < 1.29 is 4.74 Å². The fourth-order valence-electron chi connectivity index (χ4n) is 2.29. The lowest BCUT2D eigenvalue weighted by Crippen LogP contribution is -2.16. The minimum Gasteiger partial charge on any atom is -0.474 e. The van der Waals surface area contributed by atoms with Crippen molar-refractivity contribution in [3.05, 3.63) is 23.4 Å². The van der Waals surface area contributed by atoms with Crippen LogP contribution in [0.3, 0.4) is 0 Å². The molecule has 3 heteroatoms. The Morgan fingerprint density at radius 3 is 2.59 bits per heavy atom. The first kappa shape index (κ1) is 11.9. The van der Waals surface area contributed by atoms with E-state index in [-0.39, 0.29) is 6.10 Å². The molecule has 0 atom stereocenters. The summed E-state index contributed by atoms with van der Waals surface area (Å²) >= 11 is 0. The molecule has 1 heterocycles. The predicted octanol–water partition coefficient (Wildman–Crippen LogP) is 3.36. The number of nitrogens with zero attached hydrogens (tertiary/aromatic N) is 2.